The molecule has 132 valence electrons. The maximum Gasteiger partial charge on any atom is 0.252 e. The van der Waals surface area contributed by atoms with Crippen LogP contribution >= 0.6 is 0 Å². The van der Waals surface area contributed by atoms with Gasteiger partial charge in [0.05, 0.1) is 17.9 Å². The van der Waals surface area contributed by atoms with Crippen molar-refractivity contribution in [3.05, 3.63) is 35.8 Å². The quantitative estimate of drug-likeness (QED) is 0.866. The molecule has 0 radical (unpaired) electrons. The van der Waals surface area contributed by atoms with Crippen molar-refractivity contribution >= 4 is 17.5 Å². The van der Waals surface area contributed by atoms with Crippen LogP contribution in [0.2, 0.25) is 0 Å². The summed E-state index contributed by atoms with van der Waals surface area (Å²) in [6.07, 6.45) is 3.19. The zero-order valence-electron chi connectivity index (χ0n) is 14.5. The Morgan fingerprint density at radius 3 is 2.64 bits per heavy atom. The van der Waals surface area contributed by atoms with E-state index in [1.807, 2.05) is 26.0 Å². The summed E-state index contributed by atoms with van der Waals surface area (Å²) in [5.41, 5.74) is 7.59. The van der Waals surface area contributed by atoms with E-state index in [1.165, 1.54) is 6.20 Å². The van der Waals surface area contributed by atoms with Crippen LogP contribution in [0.1, 0.15) is 23.0 Å². The normalized spacial score (nSPS) is 14.5. The van der Waals surface area contributed by atoms with Crippen molar-refractivity contribution in [3.63, 3.8) is 0 Å². The van der Waals surface area contributed by atoms with Crippen LogP contribution < -0.4 is 20.3 Å². The molecule has 2 aromatic heterocycles. The summed E-state index contributed by atoms with van der Waals surface area (Å²) in [6, 6.07) is 3.66. The lowest BCUT2D eigenvalue weighted by Gasteiger charge is -2.36. The lowest BCUT2D eigenvalue weighted by atomic mass is 10.2. The van der Waals surface area contributed by atoms with Crippen LogP contribution in [0.4, 0.5) is 11.6 Å². The highest BCUT2D eigenvalue weighted by Gasteiger charge is 2.22. The fourth-order valence-electron chi connectivity index (χ4n) is 2.89. The number of rotatable bonds is 5. The number of hydrogen-bond donors (Lipinski definition) is 1. The molecule has 2 N–H and O–H groups in total. The van der Waals surface area contributed by atoms with Gasteiger partial charge < -0.3 is 20.3 Å². The van der Waals surface area contributed by atoms with E-state index in [0.717, 1.165) is 37.6 Å². The first kappa shape index (κ1) is 16.9. The largest absolute Gasteiger partial charge is 0.478 e. The molecule has 0 aliphatic carbocycles. The maximum atomic E-state index is 11.6. The van der Waals surface area contributed by atoms with Crippen LogP contribution in [-0.2, 0) is 0 Å². The highest BCUT2D eigenvalue weighted by molar-refractivity contribution is 5.98. The van der Waals surface area contributed by atoms with E-state index in [1.54, 1.807) is 6.20 Å². The van der Waals surface area contributed by atoms with E-state index >= 15 is 0 Å². The van der Waals surface area contributed by atoms with Gasteiger partial charge in [0, 0.05) is 50.3 Å². The number of anilines is 2. The summed E-state index contributed by atoms with van der Waals surface area (Å²) in [5, 5.41) is 0. The molecule has 2 aromatic rings. The van der Waals surface area contributed by atoms with E-state index in [2.05, 4.69) is 24.8 Å². The number of carbonyl (C=O) groups is 1. The van der Waals surface area contributed by atoms with Gasteiger partial charge in [0.1, 0.15) is 0 Å². The molecule has 3 heterocycles. The predicted octanol–water partition coefficient (Wildman–Crippen LogP) is 1.00. The van der Waals surface area contributed by atoms with Gasteiger partial charge in [-0.1, -0.05) is 0 Å². The first-order valence-corrected chi connectivity index (χ1v) is 8.30. The van der Waals surface area contributed by atoms with E-state index in [-0.39, 0.29) is 0 Å². The lowest BCUT2D eigenvalue weighted by Crippen LogP contribution is -2.47. The molecule has 0 aromatic carbocycles. The van der Waals surface area contributed by atoms with Gasteiger partial charge >= 0.3 is 0 Å². The number of hydrogen-bond acceptors (Lipinski definition) is 7. The SMILES string of the molecule is CCOc1cc(C)nc(N2CCN(c3ccncc3C(N)=O)CC2)n1. The second-order valence-electron chi connectivity index (χ2n) is 5.81. The first-order valence-electron chi connectivity index (χ1n) is 8.30. The number of aromatic nitrogens is 3. The number of aryl methyl sites for hydroxylation is 1. The Kier molecular flexibility index (Phi) is 4.97. The minimum atomic E-state index is -0.464. The van der Waals surface area contributed by atoms with Crippen LogP contribution in [0.15, 0.2) is 24.5 Å². The molecule has 0 bridgehead atoms. The molecule has 0 saturated carbocycles. The van der Waals surface area contributed by atoms with Gasteiger partial charge in [-0.15, -0.1) is 0 Å². The highest BCUT2D eigenvalue weighted by Crippen LogP contribution is 2.23. The van der Waals surface area contributed by atoms with Crippen LogP contribution in [0.5, 0.6) is 5.88 Å². The molecule has 3 rings (SSSR count). The average molecular weight is 342 g/mol. The Morgan fingerprint density at radius 1 is 1.24 bits per heavy atom. The lowest BCUT2D eigenvalue weighted by molar-refractivity contribution is 0.100. The van der Waals surface area contributed by atoms with Gasteiger partial charge in [-0.3, -0.25) is 9.78 Å². The summed E-state index contributed by atoms with van der Waals surface area (Å²) >= 11 is 0. The van der Waals surface area contributed by atoms with Crippen LogP contribution in [0, 0.1) is 6.92 Å². The molecular weight excluding hydrogens is 320 g/mol. The van der Waals surface area contributed by atoms with Gasteiger partial charge in [0.15, 0.2) is 0 Å². The molecule has 1 saturated heterocycles. The van der Waals surface area contributed by atoms with E-state index < -0.39 is 5.91 Å². The molecule has 8 nitrogen and oxygen atoms in total. The van der Waals surface area contributed by atoms with Crippen molar-refractivity contribution in [2.45, 2.75) is 13.8 Å². The number of nitrogens with two attached hydrogens (primary N) is 1. The minimum Gasteiger partial charge on any atom is -0.478 e. The molecule has 1 aliphatic rings. The monoisotopic (exact) mass is 342 g/mol. The fraction of sp³-hybridized carbons (Fsp3) is 0.412. The van der Waals surface area contributed by atoms with Crippen LogP contribution in [0.25, 0.3) is 0 Å². The smallest absolute Gasteiger partial charge is 0.252 e. The van der Waals surface area contributed by atoms with Crippen LogP contribution in [0.3, 0.4) is 0 Å². The zero-order chi connectivity index (χ0) is 17.8. The Hall–Kier alpha value is -2.90. The summed E-state index contributed by atoms with van der Waals surface area (Å²) in [6.45, 7) is 7.41. The second-order valence-corrected chi connectivity index (χ2v) is 5.81. The van der Waals surface area contributed by atoms with E-state index in [9.17, 15) is 4.79 Å². The third kappa shape index (κ3) is 3.78. The Bertz CT molecular complexity index is 759. The number of amides is 1. The summed E-state index contributed by atoms with van der Waals surface area (Å²) < 4.78 is 5.50. The predicted molar refractivity (Wildman–Crippen MR) is 95.1 cm³/mol. The van der Waals surface area contributed by atoms with Gasteiger partial charge in [-0.25, -0.2) is 4.98 Å². The number of piperazine rings is 1. The van der Waals surface area contributed by atoms with Gasteiger partial charge in [0.2, 0.25) is 11.8 Å². The van der Waals surface area contributed by atoms with Crippen molar-refractivity contribution < 1.29 is 9.53 Å². The fourth-order valence-corrected chi connectivity index (χ4v) is 2.89. The van der Waals surface area contributed by atoms with Crippen LogP contribution in [-0.4, -0.2) is 53.6 Å². The summed E-state index contributed by atoms with van der Waals surface area (Å²) in [7, 11) is 0. The van der Waals surface area contributed by atoms with Crippen molar-refractivity contribution in [1.82, 2.24) is 15.0 Å². The average Bonchev–Trinajstić information content (AvgIpc) is 2.61. The third-order valence-corrected chi connectivity index (χ3v) is 4.08. The topological polar surface area (TPSA) is 97.5 Å². The Morgan fingerprint density at radius 2 is 1.96 bits per heavy atom. The van der Waals surface area contributed by atoms with Gasteiger partial charge in [-0.2, -0.15) is 4.98 Å². The summed E-state index contributed by atoms with van der Waals surface area (Å²) in [4.78, 5) is 28.8. The van der Waals surface area contributed by atoms with Crippen molar-refractivity contribution in [2.24, 2.45) is 5.73 Å². The van der Waals surface area contributed by atoms with Crippen molar-refractivity contribution in [2.75, 3.05) is 42.6 Å². The van der Waals surface area contributed by atoms with Crippen molar-refractivity contribution in [3.8, 4) is 5.88 Å². The van der Waals surface area contributed by atoms with Crippen molar-refractivity contribution in [1.29, 1.82) is 0 Å². The maximum absolute atomic E-state index is 11.6. The minimum absolute atomic E-state index is 0.446. The van der Waals surface area contributed by atoms with E-state index in [4.69, 9.17) is 10.5 Å². The molecular formula is C17H22N6O2. The standard InChI is InChI=1S/C17H22N6O2/c1-3-25-15-10-12(2)20-17(21-15)23-8-6-22(7-9-23)14-4-5-19-11-13(14)16(18)24/h4-5,10-11H,3,6-9H2,1-2H3,(H2,18,24). The summed E-state index contributed by atoms with van der Waals surface area (Å²) in [5.74, 6) is 0.805. The van der Waals surface area contributed by atoms with Gasteiger partial charge in [0.25, 0.3) is 5.91 Å². The zero-order valence-corrected chi connectivity index (χ0v) is 14.5. The Labute approximate surface area is 146 Å². The molecule has 1 amide bonds. The number of ether oxygens (including phenoxy) is 1. The third-order valence-electron chi connectivity index (χ3n) is 4.08. The molecule has 25 heavy (non-hydrogen) atoms. The molecule has 0 unspecified atom stereocenters. The molecule has 0 spiro atoms. The molecule has 8 heteroatoms. The number of carbonyl (C=O) groups excluding carboxylic acids is 1. The van der Waals surface area contributed by atoms with E-state index in [0.29, 0.717) is 24.0 Å². The number of nitrogens with zero attached hydrogens (tertiary/aromatic N) is 5. The first-order chi connectivity index (χ1) is 12.1. The molecule has 1 fully saturated rings. The Balaban J connectivity index is 1.73. The highest BCUT2D eigenvalue weighted by atomic mass is 16.5. The molecule has 1 aliphatic heterocycles. The second kappa shape index (κ2) is 7.33. The number of pyridine rings is 1. The number of primary amides is 1. The van der Waals surface area contributed by atoms with Gasteiger partial charge in [-0.05, 0) is 19.9 Å². The molecule has 0 atom stereocenters.